The van der Waals surface area contributed by atoms with Crippen molar-refractivity contribution in [3.8, 4) is 11.5 Å². The molecule has 1 aromatic rings. The van der Waals surface area contributed by atoms with Crippen molar-refractivity contribution >= 4 is 6.16 Å². The van der Waals surface area contributed by atoms with Crippen LogP contribution < -0.4 is 64.2 Å². The first kappa shape index (κ1) is 24.3. The third-order valence-electron chi connectivity index (χ3n) is 0.850. The zero-order chi connectivity index (χ0) is 9.56. The molecule has 0 spiro atoms. The van der Waals surface area contributed by atoms with Crippen molar-refractivity contribution in [1.29, 1.82) is 0 Å². The quantitative estimate of drug-likeness (QED) is 0.302. The molecule has 0 radical (unpaired) electrons. The summed E-state index contributed by atoms with van der Waals surface area (Å²) < 4.78 is 0. The van der Waals surface area contributed by atoms with Crippen molar-refractivity contribution in [1.82, 2.24) is 0 Å². The van der Waals surface area contributed by atoms with Gasteiger partial charge in [0.2, 0.25) is 6.16 Å². The number of hydrogen-bond acceptors (Lipinski definition) is 5. The van der Waals surface area contributed by atoms with Crippen molar-refractivity contribution in [2.24, 2.45) is 0 Å². The van der Waals surface area contributed by atoms with E-state index in [2.05, 4.69) is 0 Å². The van der Waals surface area contributed by atoms with Crippen LogP contribution in [-0.4, -0.2) is 27.0 Å². The molecule has 0 unspecified atom stereocenters. The molecule has 15 heavy (non-hydrogen) atoms. The van der Waals surface area contributed by atoms with Crippen molar-refractivity contribution in [3.05, 3.63) is 24.3 Å². The van der Waals surface area contributed by atoms with Crippen LogP contribution >= 0.6 is 0 Å². The Hall–Kier alpha value is 0.0500. The van der Waals surface area contributed by atoms with Crippen molar-refractivity contribution in [2.45, 2.75) is 0 Å². The molecule has 0 atom stereocenters. The average molecular weight is 234 g/mol. The molecule has 4 N–H and O–H groups in total. The summed E-state index contributed by atoms with van der Waals surface area (Å²) in [6.07, 6.45) is -2.08. The zero-order valence-electron chi connectivity index (χ0n) is 8.41. The molecule has 0 aliphatic carbocycles. The van der Waals surface area contributed by atoms with Gasteiger partial charge < -0.3 is 30.7 Å². The molecule has 74 valence electrons. The Morgan fingerprint density at radius 2 is 1.13 bits per heavy atom. The summed E-state index contributed by atoms with van der Waals surface area (Å²) in [6.45, 7) is 0. The van der Waals surface area contributed by atoms with E-state index >= 15 is 0 Å². The fraction of sp³-hybridized carbons (Fsp3) is 0. The van der Waals surface area contributed by atoms with E-state index in [1.54, 1.807) is 0 Å². The Bertz CT molecular complexity index is 225. The maximum Gasteiger partial charge on any atom is 1.00 e. The topological polar surface area (TPSA) is 131 Å². The molecule has 0 aliphatic heterocycles. The van der Waals surface area contributed by atoms with Crippen LogP contribution in [0.5, 0.6) is 11.5 Å². The van der Waals surface area contributed by atoms with Crippen LogP contribution in [0.2, 0.25) is 0 Å². The molecule has 0 saturated carbocycles. The number of hydrogen-bond donors (Lipinski definition) is 3. The van der Waals surface area contributed by atoms with Gasteiger partial charge in [-0.1, -0.05) is 0 Å². The van der Waals surface area contributed by atoms with Crippen LogP contribution in [0.3, 0.4) is 0 Å². The number of carbonyl (C=O) groups is 1. The molecule has 0 amide bonds. The number of rotatable bonds is 0. The maximum absolute atomic E-state index is 8.65. The molecule has 8 heteroatoms. The third-order valence-corrected chi connectivity index (χ3v) is 0.850. The number of phenolic OH excluding ortho intramolecular Hbond substituents is 2. The van der Waals surface area contributed by atoms with Gasteiger partial charge in [0.15, 0.2) is 0 Å². The fourth-order valence-electron chi connectivity index (χ4n) is 0.453. The molecule has 6 nitrogen and oxygen atoms in total. The van der Waals surface area contributed by atoms with Gasteiger partial charge in [-0.15, -0.1) is 0 Å². The molecule has 0 fully saturated rings. The maximum atomic E-state index is 8.65. The van der Waals surface area contributed by atoms with Crippen molar-refractivity contribution < 1.29 is 89.8 Å². The molecule has 0 aliphatic rings. The van der Waals surface area contributed by atoms with Crippen LogP contribution in [-0.2, 0) is 0 Å². The van der Waals surface area contributed by atoms with Gasteiger partial charge in [0.05, 0.1) is 0 Å². The SMILES string of the molecule is O=C([O-])O.Oc1ccc(O)cc1.[Na+].[Na+].[OH-]. The Kier molecular flexibility index (Phi) is 22.8. The predicted molar refractivity (Wildman–Crippen MR) is 39.7 cm³/mol. The molecule has 1 aromatic carbocycles. The summed E-state index contributed by atoms with van der Waals surface area (Å²) in [7, 11) is 0. The van der Waals surface area contributed by atoms with Gasteiger partial charge in [0.1, 0.15) is 11.5 Å². The summed E-state index contributed by atoms with van der Waals surface area (Å²) in [5.74, 6) is 0.339. The molecule has 0 saturated heterocycles. The summed E-state index contributed by atoms with van der Waals surface area (Å²) in [5, 5.41) is 32.6. The Labute approximate surface area is 130 Å². The molecule has 0 bridgehead atoms. The second kappa shape index (κ2) is 14.1. The number of aromatic hydroxyl groups is 2. The van der Waals surface area contributed by atoms with Crippen LogP contribution in [0.1, 0.15) is 0 Å². The minimum Gasteiger partial charge on any atom is -0.870 e. The Balaban J connectivity index is -0.0000000779. The van der Waals surface area contributed by atoms with Crippen LogP contribution in [0.25, 0.3) is 0 Å². The Morgan fingerprint density at radius 1 is 1.00 bits per heavy atom. The van der Waals surface area contributed by atoms with E-state index in [9.17, 15) is 0 Å². The minimum atomic E-state index is -2.08. The standard InChI is InChI=1S/C6H6O2.CH2O3.2Na.H2O/c7-5-1-2-6(8)4-3-5;2-1(3)4;;;/h1-4,7-8H;(H2,2,3,4);;;1H2/q;;2*+1;/p-2. The van der Waals surface area contributed by atoms with E-state index in [4.69, 9.17) is 25.2 Å². The summed E-state index contributed by atoms with van der Waals surface area (Å²) in [6, 6.07) is 5.70. The van der Waals surface area contributed by atoms with E-state index in [1.807, 2.05) is 0 Å². The zero-order valence-corrected chi connectivity index (χ0v) is 12.4. The molecule has 1 rings (SSSR count). The summed E-state index contributed by atoms with van der Waals surface area (Å²) >= 11 is 0. The van der Waals surface area contributed by atoms with Gasteiger partial charge in [-0.25, -0.2) is 0 Å². The van der Waals surface area contributed by atoms with E-state index in [0.717, 1.165) is 0 Å². The summed E-state index contributed by atoms with van der Waals surface area (Å²) in [4.78, 5) is 8.44. The first-order valence-electron chi connectivity index (χ1n) is 2.90. The number of carboxylic acid groups (broad SMARTS) is 2. The fourth-order valence-corrected chi connectivity index (χ4v) is 0.453. The van der Waals surface area contributed by atoms with Gasteiger partial charge >= 0.3 is 59.1 Å². The van der Waals surface area contributed by atoms with Gasteiger partial charge in [-0.05, 0) is 24.3 Å². The van der Waals surface area contributed by atoms with E-state index in [-0.39, 0.29) is 76.1 Å². The monoisotopic (exact) mass is 234 g/mol. The van der Waals surface area contributed by atoms with E-state index in [1.165, 1.54) is 24.3 Å². The smallest absolute Gasteiger partial charge is 0.870 e. The van der Waals surface area contributed by atoms with Crippen molar-refractivity contribution in [2.75, 3.05) is 0 Å². The Morgan fingerprint density at radius 3 is 1.27 bits per heavy atom. The van der Waals surface area contributed by atoms with Crippen LogP contribution in [0.4, 0.5) is 4.79 Å². The molecule has 0 aromatic heterocycles. The first-order chi connectivity index (χ1) is 5.52. The van der Waals surface area contributed by atoms with Gasteiger partial charge in [-0.2, -0.15) is 0 Å². The normalized spacial score (nSPS) is 6.40. The summed E-state index contributed by atoms with van der Waals surface area (Å²) in [5.41, 5.74) is 0. The van der Waals surface area contributed by atoms with Gasteiger partial charge in [0, 0.05) is 0 Å². The first-order valence-corrected chi connectivity index (χ1v) is 2.90. The van der Waals surface area contributed by atoms with E-state index < -0.39 is 6.16 Å². The second-order valence-electron chi connectivity index (χ2n) is 1.78. The second-order valence-corrected chi connectivity index (χ2v) is 1.78. The van der Waals surface area contributed by atoms with Gasteiger partial charge in [-0.3, -0.25) is 0 Å². The largest absolute Gasteiger partial charge is 1.00 e. The van der Waals surface area contributed by atoms with Crippen LogP contribution in [0.15, 0.2) is 24.3 Å². The number of benzene rings is 1. The number of phenols is 2. The minimum absolute atomic E-state index is 0. The molecular formula is C7H8Na2O6. The molecular weight excluding hydrogens is 226 g/mol. The van der Waals surface area contributed by atoms with E-state index in [0.29, 0.717) is 0 Å². The predicted octanol–water partition coefficient (Wildman–Crippen LogP) is -6.18. The van der Waals surface area contributed by atoms with Crippen molar-refractivity contribution in [3.63, 3.8) is 0 Å². The van der Waals surface area contributed by atoms with Gasteiger partial charge in [0.25, 0.3) is 0 Å². The third kappa shape index (κ3) is 20.2. The van der Waals surface area contributed by atoms with Crippen LogP contribution in [0, 0.1) is 0 Å². The molecule has 0 heterocycles. The average Bonchev–Trinajstić information content (AvgIpc) is 1.94.